The Morgan fingerprint density at radius 2 is 1.27 bits per heavy atom. The normalized spacial score (nSPS) is 14.5. The van der Waals surface area contributed by atoms with Gasteiger partial charge in [0.15, 0.2) is 0 Å². The smallest absolute Gasteiger partial charge is 0.246 e. The van der Waals surface area contributed by atoms with E-state index in [1.807, 2.05) is 78.9 Å². The molecule has 0 radical (unpaired) electrons. The van der Waals surface area contributed by atoms with Crippen molar-refractivity contribution in [2.24, 2.45) is 11.1 Å². The zero-order chi connectivity index (χ0) is 35.2. The van der Waals surface area contributed by atoms with Gasteiger partial charge < -0.3 is 26.8 Å². The van der Waals surface area contributed by atoms with E-state index in [1.54, 1.807) is 20.8 Å². The van der Waals surface area contributed by atoms with Crippen molar-refractivity contribution in [3.8, 4) is 0 Å². The van der Waals surface area contributed by atoms with E-state index in [2.05, 4.69) is 28.1 Å². The summed E-state index contributed by atoms with van der Waals surface area (Å²) in [4.78, 5) is 53.5. The van der Waals surface area contributed by atoms with E-state index >= 15 is 0 Å². The van der Waals surface area contributed by atoms with Crippen LogP contribution in [0.15, 0.2) is 91.0 Å². The van der Waals surface area contributed by atoms with Crippen LogP contribution in [0.5, 0.6) is 0 Å². The topological polar surface area (TPSA) is 151 Å². The molecule has 0 fully saturated rings. The molecule has 9 nitrogen and oxygen atoms in total. The van der Waals surface area contributed by atoms with Crippen molar-refractivity contribution >= 4 is 23.6 Å². The minimum atomic E-state index is -1.69. The lowest BCUT2D eigenvalue weighted by Crippen LogP contribution is -2.66. The van der Waals surface area contributed by atoms with E-state index < -0.39 is 34.4 Å². The second-order valence-electron chi connectivity index (χ2n) is 14.1. The van der Waals surface area contributed by atoms with Gasteiger partial charge in [-0.3, -0.25) is 19.2 Å². The van der Waals surface area contributed by atoms with E-state index in [0.717, 1.165) is 30.4 Å². The SMILES string of the molecule is CC(C)(C)C(=O)NC[C@@](C)(O)C[C@@](Cc1ccccc1)(NC(=O)CCCCCc1ccccc1)C(=O)NC(Cc1ccccc1)C(N)=O. The third kappa shape index (κ3) is 12.6. The number of carbonyl (C=O) groups excluding carboxylic acids is 4. The Balaban J connectivity index is 1.89. The van der Waals surface area contributed by atoms with E-state index in [1.165, 1.54) is 12.5 Å². The van der Waals surface area contributed by atoms with Crippen LogP contribution in [0.1, 0.15) is 76.5 Å². The first-order valence-corrected chi connectivity index (χ1v) is 16.7. The maximum Gasteiger partial charge on any atom is 0.246 e. The Morgan fingerprint density at radius 1 is 0.729 bits per heavy atom. The molecule has 0 heterocycles. The minimum absolute atomic E-state index is 0.0274. The van der Waals surface area contributed by atoms with E-state index in [-0.39, 0.29) is 44.0 Å². The van der Waals surface area contributed by atoms with E-state index in [9.17, 15) is 24.3 Å². The molecule has 0 aliphatic rings. The Labute approximate surface area is 285 Å². The zero-order valence-electron chi connectivity index (χ0n) is 28.8. The van der Waals surface area contributed by atoms with Crippen LogP contribution in [0.4, 0.5) is 0 Å². The summed E-state index contributed by atoms with van der Waals surface area (Å²) in [5.74, 6) is -1.99. The molecule has 48 heavy (non-hydrogen) atoms. The monoisotopic (exact) mass is 656 g/mol. The Kier molecular flexibility index (Phi) is 13.9. The molecule has 0 aliphatic carbocycles. The lowest BCUT2D eigenvalue weighted by Gasteiger charge is -2.40. The highest BCUT2D eigenvalue weighted by atomic mass is 16.3. The fourth-order valence-electron chi connectivity index (χ4n) is 5.70. The van der Waals surface area contributed by atoms with Crippen molar-refractivity contribution in [1.82, 2.24) is 16.0 Å². The number of benzene rings is 3. The molecule has 1 unspecified atom stereocenters. The average Bonchev–Trinajstić information content (AvgIpc) is 3.03. The number of aryl methyl sites for hydroxylation is 1. The first-order valence-electron chi connectivity index (χ1n) is 16.7. The molecule has 0 saturated carbocycles. The van der Waals surface area contributed by atoms with Crippen molar-refractivity contribution in [3.05, 3.63) is 108 Å². The number of unbranched alkanes of at least 4 members (excludes halogenated alkanes) is 2. The van der Waals surface area contributed by atoms with Gasteiger partial charge in [-0.15, -0.1) is 0 Å². The van der Waals surface area contributed by atoms with Crippen LogP contribution in [0.3, 0.4) is 0 Å². The lowest BCUT2D eigenvalue weighted by molar-refractivity contribution is -0.139. The van der Waals surface area contributed by atoms with Crippen molar-refractivity contribution in [1.29, 1.82) is 0 Å². The van der Waals surface area contributed by atoms with Gasteiger partial charge in [0.05, 0.1) is 5.60 Å². The molecule has 0 spiro atoms. The van der Waals surface area contributed by atoms with Gasteiger partial charge in [-0.1, -0.05) is 118 Å². The third-order valence-electron chi connectivity index (χ3n) is 8.30. The largest absolute Gasteiger partial charge is 0.388 e. The highest BCUT2D eigenvalue weighted by molar-refractivity contribution is 5.95. The number of amides is 4. The van der Waals surface area contributed by atoms with Crippen molar-refractivity contribution in [3.63, 3.8) is 0 Å². The van der Waals surface area contributed by atoms with Crippen LogP contribution in [0.25, 0.3) is 0 Å². The third-order valence-corrected chi connectivity index (χ3v) is 8.30. The van der Waals surface area contributed by atoms with Crippen LogP contribution in [0.2, 0.25) is 0 Å². The summed E-state index contributed by atoms with van der Waals surface area (Å²) in [6, 6.07) is 27.4. The predicted octanol–water partition coefficient (Wildman–Crippen LogP) is 4.40. The molecule has 4 amide bonds. The molecular weight excluding hydrogens is 604 g/mol. The Hall–Kier alpha value is -4.50. The van der Waals surface area contributed by atoms with Crippen LogP contribution in [-0.4, -0.2) is 52.5 Å². The average molecular weight is 657 g/mol. The molecule has 0 saturated heterocycles. The molecule has 3 rings (SSSR count). The van der Waals surface area contributed by atoms with Gasteiger partial charge in [0, 0.05) is 37.6 Å². The minimum Gasteiger partial charge on any atom is -0.388 e. The first-order chi connectivity index (χ1) is 22.7. The lowest BCUT2D eigenvalue weighted by atomic mass is 9.79. The van der Waals surface area contributed by atoms with Gasteiger partial charge >= 0.3 is 0 Å². The standard InChI is InChI=1S/C39H52N4O5/c1-37(2,3)35(46)41-28-38(4,48)27-39(26-31-22-14-7-15-23-31,36(47)42-32(34(40)45)25-30-20-12-6-13-21-30)43-33(44)24-16-8-11-19-29-17-9-5-10-18-29/h5-7,9-10,12-15,17-18,20-23,32,48H,8,11,16,19,24-28H2,1-4H3,(H2,40,45)(H,41,46)(H,42,47)(H,43,44)/t32?,38-,39+/m0/s1. The maximum atomic E-state index is 14.5. The van der Waals surface area contributed by atoms with Crippen molar-refractivity contribution < 1.29 is 24.3 Å². The molecule has 0 aromatic heterocycles. The molecule has 0 aliphatic heterocycles. The number of hydrogen-bond donors (Lipinski definition) is 5. The summed E-state index contributed by atoms with van der Waals surface area (Å²) in [5, 5.41) is 20.3. The number of primary amides is 1. The summed E-state index contributed by atoms with van der Waals surface area (Å²) < 4.78 is 0. The summed E-state index contributed by atoms with van der Waals surface area (Å²) in [7, 11) is 0. The van der Waals surface area contributed by atoms with Crippen LogP contribution in [0, 0.1) is 5.41 Å². The number of aliphatic hydroxyl groups is 1. The van der Waals surface area contributed by atoms with Crippen molar-refractivity contribution in [2.45, 2.75) is 96.2 Å². The molecule has 3 aromatic rings. The van der Waals surface area contributed by atoms with Gasteiger partial charge in [0.2, 0.25) is 23.6 Å². The quantitative estimate of drug-likeness (QED) is 0.129. The summed E-state index contributed by atoms with van der Waals surface area (Å²) in [5.41, 5.74) is 4.53. The summed E-state index contributed by atoms with van der Waals surface area (Å²) in [6.07, 6.45) is 3.34. The Morgan fingerprint density at radius 3 is 1.81 bits per heavy atom. The number of nitrogens with two attached hydrogens (primary N) is 1. The van der Waals surface area contributed by atoms with Gasteiger partial charge in [-0.2, -0.15) is 0 Å². The molecule has 0 bridgehead atoms. The van der Waals surface area contributed by atoms with Gasteiger partial charge in [-0.05, 0) is 42.9 Å². The molecule has 6 N–H and O–H groups in total. The Bertz CT molecular complexity index is 1470. The van der Waals surface area contributed by atoms with E-state index in [4.69, 9.17) is 5.73 Å². The molecular formula is C39H52N4O5. The number of carbonyl (C=O) groups is 4. The second kappa shape index (κ2) is 17.6. The fourth-order valence-corrected chi connectivity index (χ4v) is 5.70. The summed E-state index contributed by atoms with van der Waals surface area (Å²) in [6.45, 7) is 6.66. The van der Waals surface area contributed by atoms with Crippen molar-refractivity contribution in [2.75, 3.05) is 6.54 Å². The highest BCUT2D eigenvalue weighted by Gasteiger charge is 2.46. The second-order valence-corrected chi connectivity index (χ2v) is 14.1. The van der Waals surface area contributed by atoms with Gasteiger partial charge in [-0.25, -0.2) is 0 Å². The molecule has 3 atom stereocenters. The van der Waals surface area contributed by atoms with Gasteiger partial charge in [0.25, 0.3) is 0 Å². The van der Waals surface area contributed by atoms with Crippen LogP contribution in [-0.2, 0) is 38.4 Å². The zero-order valence-corrected chi connectivity index (χ0v) is 28.8. The number of hydrogen-bond acceptors (Lipinski definition) is 5. The van der Waals surface area contributed by atoms with Crippen LogP contribution >= 0.6 is 0 Å². The number of nitrogens with one attached hydrogen (secondary N) is 3. The van der Waals surface area contributed by atoms with E-state index in [0.29, 0.717) is 6.42 Å². The number of rotatable bonds is 18. The predicted molar refractivity (Wildman–Crippen MR) is 189 cm³/mol. The van der Waals surface area contributed by atoms with Gasteiger partial charge in [0.1, 0.15) is 11.6 Å². The molecule has 258 valence electrons. The molecule has 3 aromatic carbocycles. The first kappa shape index (κ1) is 38.0. The molecule has 9 heteroatoms. The fraction of sp³-hybridized carbons (Fsp3) is 0.436. The maximum absolute atomic E-state index is 14.5. The van der Waals surface area contributed by atoms with Crippen LogP contribution < -0.4 is 21.7 Å². The highest BCUT2D eigenvalue weighted by Crippen LogP contribution is 2.27. The summed E-state index contributed by atoms with van der Waals surface area (Å²) >= 11 is 0.